The molecule has 4 aromatic rings. The average Bonchev–Trinajstić information content (AvgIpc) is 3.16. The fourth-order valence-corrected chi connectivity index (χ4v) is 2.82. The standard InChI is InChI=1S/C19H18ClN7/c20-14-3-1-13(2-4-14)16-11-18-23-9-10-27(18)19(26-16)24-8-7-22-17-6-5-15(21)12-25-17/h1-6,9-12H,7-8,21H2,(H,22,25)(H,24,26). The number of halogens is 1. The fourth-order valence-electron chi connectivity index (χ4n) is 2.69. The highest BCUT2D eigenvalue weighted by molar-refractivity contribution is 6.30. The van der Waals surface area contributed by atoms with Crippen molar-refractivity contribution in [1.82, 2.24) is 19.4 Å². The minimum absolute atomic E-state index is 0.643. The number of anilines is 3. The van der Waals surface area contributed by atoms with Crippen molar-refractivity contribution in [2.24, 2.45) is 0 Å². The fraction of sp³-hybridized carbons (Fsp3) is 0.105. The average molecular weight is 380 g/mol. The normalized spacial score (nSPS) is 10.9. The van der Waals surface area contributed by atoms with Crippen LogP contribution >= 0.6 is 11.6 Å². The quantitative estimate of drug-likeness (QED) is 0.443. The number of nitrogen functional groups attached to an aromatic ring is 1. The maximum atomic E-state index is 5.98. The second kappa shape index (κ2) is 7.51. The Bertz CT molecular complexity index is 1040. The number of aromatic nitrogens is 4. The first-order chi connectivity index (χ1) is 13.2. The highest BCUT2D eigenvalue weighted by Gasteiger charge is 2.08. The van der Waals surface area contributed by atoms with Crippen LogP contribution in [0.15, 0.2) is 61.1 Å². The maximum Gasteiger partial charge on any atom is 0.209 e. The Balaban J connectivity index is 1.49. The van der Waals surface area contributed by atoms with E-state index in [2.05, 4.69) is 20.6 Å². The van der Waals surface area contributed by atoms with Gasteiger partial charge in [-0.2, -0.15) is 0 Å². The van der Waals surface area contributed by atoms with Crippen LogP contribution in [0.5, 0.6) is 0 Å². The summed E-state index contributed by atoms with van der Waals surface area (Å²) in [5.74, 6) is 1.50. The van der Waals surface area contributed by atoms with Crippen molar-refractivity contribution < 1.29 is 0 Å². The van der Waals surface area contributed by atoms with Gasteiger partial charge >= 0.3 is 0 Å². The van der Waals surface area contributed by atoms with Crippen LogP contribution in [0.3, 0.4) is 0 Å². The number of hydrogen-bond donors (Lipinski definition) is 3. The molecule has 0 saturated heterocycles. The molecule has 0 unspecified atom stereocenters. The molecule has 8 heteroatoms. The molecule has 0 fully saturated rings. The van der Waals surface area contributed by atoms with Gasteiger partial charge in [-0.15, -0.1) is 0 Å². The van der Waals surface area contributed by atoms with Crippen molar-refractivity contribution >= 4 is 34.7 Å². The zero-order valence-corrected chi connectivity index (χ0v) is 15.2. The summed E-state index contributed by atoms with van der Waals surface area (Å²) in [6.07, 6.45) is 5.26. The van der Waals surface area contributed by atoms with E-state index < -0.39 is 0 Å². The second-order valence-electron chi connectivity index (χ2n) is 5.96. The third kappa shape index (κ3) is 3.93. The van der Waals surface area contributed by atoms with E-state index in [-0.39, 0.29) is 0 Å². The molecule has 136 valence electrons. The molecule has 4 N–H and O–H groups in total. The van der Waals surface area contributed by atoms with Crippen LogP contribution in [0.25, 0.3) is 16.9 Å². The van der Waals surface area contributed by atoms with Crippen molar-refractivity contribution in [3.8, 4) is 11.3 Å². The maximum absolute atomic E-state index is 5.98. The number of hydrogen-bond acceptors (Lipinski definition) is 6. The first-order valence-corrected chi connectivity index (χ1v) is 8.86. The van der Waals surface area contributed by atoms with E-state index in [9.17, 15) is 0 Å². The number of benzene rings is 1. The van der Waals surface area contributed by atoms with E-state index >= 15 is 0 Å². The molecule has 3 aromatic heterocycles. The van der Waals surface area contributed by atoms with E-state index in [1.165, 1.54) is 0 Å². The summed E-state index contributed by atoms with van der Waals surface area (Å²) in [5.41, 5.74) is 8.93. The number of rotatable bonds is 6. The third-order valence-corrected chi connectivity index (χ3v) is 4.28. The van der Waals surface area contributed by atoms with Gasteiger partial charge in [-0.1, -0.05) is 23.7 Å². The molecule has 7 nitrogen and oxygen atoms in total. The van der Waals surface area contributed by atoms with Crippen molar-refractivity contribution in [1.29, 1.82) is 0 Å². The van der Waals surface area contributed by atoms with Crippen molar-refractivity contribution in [2.75, 3.05) is 29.5 Å². The number of pyridine rings is 1. The minimum atomic E-state index is 0.643. The molecule has 27 heavy (non-hydrogen) atoms. The summed E-state index contributed by atoms with van der Waals surface area (Å²) in [4.78, 5) is 13.3. The molecule has 0 aliphatic heterocycles. The lowest BCUT2D eigenvalue weighted by Gasteiger charge is -2.11. The summed E-state index contributed by atoms with van der Waals surface area (Å²) in [6.45, 7) is 1.34. The van der Waals surface area contributed by atoms with Gasteiger partial charge in [0.05, 0.1) is 17.6 Å². The molecular formula is C19H18ClN7. The first kappa shape index (κ1) is 17.1. The van der Waals surface area contributed by atoms with Gasteiger partial charge in [0.1, 0.15) is 11.5 Å². The highest BCUT2D eigenvalue weighted by Crippen LogP contribution is 2.23. The van der Waals surface area contributed by atoms with E-state index in [1.807, 2.05) is 53.1 Å². The summed E-state index contributed by atoms with van der Waals surface area (Å²) in [6, 6.07) is 13.2. The van der Waals surface area contributed by atoms with E-state index in [0.29, 0.717) is 23.8 Å². The Labute approximate surface area is 161 Å². The molecule has 0 spiro atoms. The van der Waals surface area contributed by atoms with Gasteiger partial charge < -0.3 is 16.4 Å². The SMILES string of the molecule is Nc1ccc(NCCNc2nc(-c3ccc(Cl)cc3)cc3nccn23)nc1. The van der Waals surface area contributed by atoms with Crippen LogP contribution in [0.2, 0.25) is 5.02 Å². The predicted octanol–water partition coefficient (Wildman–Crippen LogP) is 3.55. The Hall–Kier alpha value is -3.32. The summed E-state index contributed by atoms with van der Waals surface area (Å²) >= 11 is 5.98. The van der Waals surface area contributed by atoms with Crippen molar-refractivity contribution in [3.63, 3.8) is 0 Å². The number of imidazole rings is 1. The largest absolute Gasteiger partial charge is 0.397 e. The second-order valence-corrected chi connectivity index (χ2v) is 6.39. The monoisotopic (exact) mass is 379 g/mol. The molecule has 0 amide bonds. The van der Waals surface area contributed by atoms with Crippen molar-refractivity contribution in [2.45, 2.75) is 0 Å². The molecule has 0 saturated carbocycles. The topological polar surface area (TPSA) is 93.2 Å². The molecule has 0 aliphatic carbocycles. The van der Waals surface area contributed by atoms with E-state index in [4.69, 9.17) is 22.3 Å². The van der Waals surface area contributed by atoms with Crippen LogP contribution in [-0.4, -0.2) is 32.4 Å². The zero-order valence-electron chi connectivity index (χ0n) is 14.4. The Morgan fingerprint density at radius 1 is 1.00 bits per heavy atom. The molecule has 3 heterocycles. The van der Waals surface area contributed by atoms with Gasteiger partial charge in [-0.3, -0.25) is 4.40 Å². The Kier molecular flexibility index (Phi) is 4.76. The van der Waals surface area contributed by atoms with Gasteiger partial charge in [0.15, 0.2) is 0 Å². The lowest BCUT2D eigenvalue weighted by molar-refractivity contribution is 0.995. The van der Waals surface area contributed by atoms with Crippen LogP contribution < -0.4 is 16.4 Å². The molecule has 0 atom stereocenters. The zero-order chi connectivity index (χ0) is 18.6. The number of fused-ring (bicyclic) bond motifs is 1. The summed E-state index contributed by atoms with van der Waals surface area (Å²) < 4.78 is 1.92. The van der Waals surface area contributed by atoms with Crippen LogP contribution in [-0.2, 0) is 0 Å². The predicted molar refractivity (Wildman–Crippen MR) is 109 cm³/mol. The molecule has 0 aliphatic rings. The molecule has 0 bridgehead atoms. The highest BCUT2D eigenvalue weighted by atomic mass is 35.5. The summed E-state index contributed by atoms with van der Waals surface area (Å²) in [7, 11) is 0. The van der Waals surface area contributed by atoms with Gasteiger partial charge in [0.25, 0.3) is 0 Å². The van der Waals surface area contributed by atoms with Crippen LogP contribution in [0.1, 0.15) is 0 Å². The molecule has 4 rings (SSSR count). The van der Waals surface area contributed by atoms with E-state index in [1.54, 1.807) is 12.4 Å². The van der Waals surface area contributed by atoms with Crippen LogP contribution in [0, 0.1) is 0 Å². The van der Waals surface area contributed by atoms with Crippen molar-refractivity contribution in [3.05, 3.63) is 66.1 Å². The lowest BCUT2D eigenvalue weighted by atomic mass is 10.1. The minimum Gasteiger partial charge on any atom is -0.397 e. The molecule has 1 aromatic carbocycles. The molecule has 0 radical (unpaired) electrons. The van der Waals surface area contributed by atoms with E-state index in [0.717, 1.165) is 28.7 Å². The number of nitrogens with one attached hydrogen (secondary N) is 2. The number of nitrogens with two attached hydrogens (primary N) is 1. The van der Waals surface area contributed by atoms with Gasteiger partial charge in [0, 0.05) is 42.1 Å². The third-order valence-electron chi connectivity index (χ3n) is 4.03. The van der Waals surface area contributed by atoms with Gasteiger partial charge in [-0.05, 0) is 24.3 Å². The van der Waals surface area contributed by atoms with Crippen LogP contribution in [0.4, 0.5) is 17.5 Å². The lowest BCUT2D eigenvalue weighted by Crippen LogP contribution is -2.16. The van der Waals surface area contributed by atoms with Gasteiger partial charge in [0.2, 0.25) is 5.95 Å². The smallest absolute Gasteiger partial charge is 0.209 e. The summed E-state index contributed by atoms with van der Waals surface area (Å²) in [5, 5.41) is 7.28. The first-order valence-electron chi connectivity index (χ1n) is 8.48. The van der Waals surface area contributed by atoms with Gasteiger partial charge in [-0.25, -0.2) is 15.0 Å². The number of nitrogens with zero attached hydrogens (tertiary/aromatic N) is 4. The molecular weight excluding hydrogens is 362 g/mol. The Morgan fingerprint density at radius 2 is 1.81 bits per heavy atom. The Morgan fingerprint density at radius 3 is 2.59 bits per heavy atom.